The lowest BCUT2D eigenvalue weighted by Gasteiger charge is -2.06. The molecule has 0 saturated heterocycles. The molecule has 0 atom stereocenters. The highest BCUT2D eigenvalue weighted by Gasteiger charge is 2.22. The zero-order valence-electron chi connectivity index (χ0n) is 10.9. The number of nitrogens with zero attached hydrogens (tertiary/aromatic N) is 2. The van der Waals surface area contributed by atoms with E-state index in [1.165, 1.54) is 11.3 Å². The molecule has 3 N–H and O–H groups in total. The van der Waals surface area contributed by atoms with Crippen molar-refractivity contribution in [2.75, 3.05) is 5.73 Å². The Balaban J connectivity index is 2.22. The molecule has 0 fully saturated rings. The Morgan fingerprint density at radius 3 is 2.86 bits per heavy atom. The van der Waals surface area contributed by atoms with Crippen molar-refractivity contribution in [1.29, 1.82) is 0 Å². The molecule has 1 aromatic heterocycles. The van der Waals surface area contributed by atoms with E-state index < -0.39 is 22.3 Å². The first-order valence-electron chi connectivity index (χ1n) is 5.81. The molecule has 110 valence electrons. The number of nitrogen functional groups attached to an aromatic ring is 1. The average molecular weight is 310 g/mol. The summed E-state index contributed by atoms with van der Waals surface area (Å²) in [4.78, 5) is 26.2. The smallest absolute Gasteiger partial charge is 0.285 e. The molecule has 0 bridgehead atoms. The van der Waals surface area contributed by atoms with E-state index in [0.29, 0.717) is 11.8 Å². The Labute approximate surface area is 122 Å². The summed E-state index contributed by atoms with van der Waals surface area (Å²) >= 11 is 1.42. The predicted molar refractivity (Wildman–Crippen MR) is 75.5 cm³/mol. The minimum Gasteiger partial charge on any atom is -0.396 e. The largest absolute Gasteiger partial charge is 0.396 e. The molecule has 0 saturated carbocycles. The Hall–Kier alpha value is -2.55. The van der Waals surface area contributed by atoms with Crippen molar-refractivity contribution in [3.63, 3.8) is 0 Å². The summed E-state index contributed by atoms with van der Waals surface area (Å²) in [6, 6.07) is 1.59. The Morgan fingerprint density at radius 1 is 1.57 bits per heavy atom. The highest BCUT2D eigenvalue weighted by atomic mass is 32.1. The Bertz CT molecular complexity index is 717. The van der Waals surface area contributed by atoms with Crippen LogP contribution in [0, 0.1) is 22.9 Å². The molecule has 0 aliphatic heterocycles. The van der Waals surface area contributed by atoms with Crippen LogP contribution in [0.1, 0.15) is 21.1 Å². The first-order valence-corrected chi connectivity index (χ1v) is 6.69. The third-order valence-corrected chi connectivity index (χ3v) is 3.48. The monoisotopic (exact) mass is 310 g/mol. The second-order valence-electron chi connectivity index (χ2n) is 4.19. The van der Waals surface area contributed by atoms with Crippen LogP contribution >= 0.6 is 11.3 Å². The van der Waals surface area contributed by atoms with Gasteiger partial charge in [0.2, 0.25) is 0 Å². The number of nitro benzene ring substituents is 1. The summed E-state index contributed by atoms with van der Waals surface area (Å²) in [6.07, 6.45) is 0. The van der Waals surface area contributed by atoms with E-state index >= 15 is 0 Å². The van der Waals surface area contributed by atoms with Crippen LogP contribution in [0.4, 0.5) is 15.8 Å². The SMILES string of the molecule is Cc1nc(CNC(=O)c2cc(N)c(F)cc2[N+](=O)[O-])cs1. The minimum atomic E-state index is -0.937. The summed E-state index contributed by atoms with van der Waals surface area (Å²) in [5.41, 5.74) is 4.75. The quantitative estimate of drug-likeness (QED) is 0.510. The van der Waals surface area contributed by atoms with E-state index in [2.05, 4.69) is 10.3 Å². The number of aryl methyl sites for hydroxylation is 1. The van der Waals surface area contributed by atoms with E-state index in [-0.39, 0.29) is 17.8 Å². The van der Waals surface area contributed by atoms with Crippen molar-refractivity contribution in [1.82, 2.24) is 10.3 Å². The van der Waals surface area contributed by atoms with Gasteiger partial charge in [-0.05, 0) is 13.0 Å². The Kier molecular flexibility index (Phi) is 4.13. The van der Waals surface area contributed by atoms with Crippen LogP contribution in [0.25, 0.3) is 0 Å². The zero-order valence-corrected chi connectivity index (χ0v) is 11.7. The number of hydrogen-bond donors (Lipinski definition) is 2. The number of nitrogens with two attached hydrogens (primary N) is 1. The fraction of sp³-hybridized carbons (Fsp3) is 0.167. The van der Waals surface area contributed by atoms with E-state index in [4.69, 9.17) is 5.73 Å². The lowest BCUT2D eigenvalue weighted by atomic mass is 10.1. The molecule has 2 aromatic rings. The molecule has 21 heavy (non-hydrogen) atoms. The highest BCUT2D eigenvalue weighted by Crippen LogP contribution is 2.24. The van der Waals surface area contributed by atoms with Gasteiger partial charge in [-0.15, -0.1) is 11.3 Å². The van der Waals surface area contributed by atoms with Crippen LogP contribution in [0.3, 0.4) is 0 Å². The van der Waals surface area contributed by atoms with Crippen LogP contribution in [0.2, 0.25) is 0 Å². The van der Waals surface area contributed by atoms with Crippen molar-refractivity contribution in [3.05, 3.63) is 49.7 Å². The molecule has 0 aliphatic carbocycles. The second kappa shape index (κ2) is 5.83. The maximum Gasteiger partial charge on any atom is 0.285 e. The third-order valence-electron chi connectivity index (χ3n) is 2.65. The average Bonchev–Trinajstić information content (AvgIpc) is 2.84. The fourth-order valence-electron chi connectivity index (χ4n) is 1.67. The number of amides is 1. The number of anilines is 1. The van der Waals surface area contributed by atoms with Crippen molar-refractivity contribution in [2.24, 2.45) is 0 Å². The van der Waals surface area contributed by atoms with Crippen molar-refractivity contribution in [2.45, 2.75) is 13.5 Å². The van der Waals surface area contributed by atoms with Crippen LogP contribution in [-0.4, -0.2) is 15.8 Å². The molecule has 1 aromatic carbocycles. The number of nitrogens with one attached hydrogen (secondary N) is 1. The van der Waals surface area contributed by atoms with Crippen LogP contribution < -0.4 is 11.1 Å². The maximum absolute atomic E-state index is 13.3. The summed E-state index contributed by atoms with van der Waals surface area (Å²) in [5, 5.41) is 16.0. The molecular formula is C12H11FN4O3S. The number of thiazole rings is 1. The van der Waals surface area contributed by atoms with Gasteiger partial charge in [-0.3, -0.25) is 14.9 Å². The molecule has 1 heterocycles. The zero-order chi connectivity index (χ0) is 15.6. The highest BCUT2D eigenvalue weighted by molar-refractivity contribution is 7.09. The summed E-state index contributed by atoms with van der Waals surface area (Å²) < 4.78 is 13.3. The van der Waals surface area contributed by atoms with Gasteiger partial charge in [-0.1, -0.05) is 0 Å². The molecule has 0 spiro atoms. The topological polar surface area (TPSA) is 111 Å². The molecule has 0 radical (unpaired) electrons. The fourth-order valence-corrected chi connectivity index (χ4v) is 2.28. The molecule has 0 aliphatic rings. The standard InChI is InChI=1S/C12H11FN4O3S/c1-6-16-7(5-21-6)4-15-12(18)8-2-10(14)9(13)3-11(8)17(19)20/h2-3,5H,4,14H2,1H3,(H,15,18). The van der Waals surface area contributed by atoms with E-state index in [9.17, 15) is 19.3 Å². The first kappa shape index (κ1) is 14.9. The predicted octanol–water partition coefficient (Wildman–Crippen LogP) is 2.01. The number of rotatable bonds is 4. The van der Waals surface area contributed by atoms with Crippen LogP contribution in [0.5, 0.6) is 0 Å². The number of carbonyl (C=O) groups is 1. The normalized spacial score (nSPS) is 10.4. The molecule has 7 nitrogen and oxygen atoms in total. The number of carbonyl (C=O) groups excluding carboxylic acids is 1. The van der Waals surface area contributed by atoms with Gasteiger partial charge < -0.3 is 11.1 Å². The van der Waals surface area contributed by atoms with Gasteiger partial charge in [0, 0.05) is 5.38 Å². The van der Waals surface area contributed by atoms with Gasteiger partial charge in [0.1, 0.15) is 5.56 Å². The molecule has 2 rings (SSSR count). The Morgan fingerprint density at radius 2 is 2.29 bits per heavy atom. The second-order valence-corrected chi connectivity index (χ2v) is 5.25. The number of nitro groups is 1. The summed E-state index contributed by atoms with van der Waals surface area (Å²) in [7, 11) is 0. The third kappa shape index (κ3) is 3.31. The number of aromatic nitrogens is 1. The van der Waals surface area contributed by atoms with Crippen molar-refractivity contribution >= 4 is 28.6 Å². The number of halogens is 1. The van der Waals surface area contributed by atoms with E-state index in [0.717, 1.165) is 11.1 Å². The summed E-state index contributed by atoms with van der Waals surface area (Å²) in [6.45, 7) is 1.94. The molecule has 0 unspecified atom stereocenters. The van der Waals surface area contributed by atoms with Gasteiger partial charge in [0.25, 0.3) is 11.6 Å². The lowest BCUT2D eigenvalue weighted by Crippen LogP contribution is -2.24. The van der Waals surface area contributed by atoms with Gasteiger partial charge >= 0.3 is 0 Å². The van der Waals surface area contributed by atoms with Gasteiger partial charge in [0.05, 0.1) is 33.9 Å². The minimum absolute atomic E-state index is 0.123. The number of hydrogen-bond acceptors (Lipinski definition) is 6. The van der Waals surface area contributed by atoms with Crippen LogP contribution in [-0.2, 0) is 6.54 Å². The van der Waals surface area contributed by atoms with E-state index in [1.807, 2.05) is 6.92 Å². The van der Waals surface area contributed by atoms with Crippen molar-refractivity contribution in [3.8, 4) is 0 Å². The summed E-state index contributed by atoms with van der Waals surface area (Å²) in [5.74, 6) is -1.65. The molecule has 1 amide bonds. The first-order chi connectivity index (χ1) is 9.88. The maximum atomic E-state index is 13.3. The van der Waals surface area contributed by atoms with Crippen LogP contribution in [0.15, 0.2) is 17.5 Å². The number of benzene rings is 1. The van der Waals surface area contributed by atoms with Gasteiger partial charge in [0.15, 0.2) is 5.82 Å². The van der Waals surface area contributed by atoms with Crippen molar-refractivity contribution < 1.29 is 14.1 Å². The molecular weight excluding hydrogens is 299 g/mol. The van der Waals surface area contributed by atoms with Gasteiger partial charge in [-0.25, -0.2) is 9.37 Å². The lowest BCUT2D eigenvalue weighted by molar-refractivity contribution is -0.385. The van der Waals surface area contributed by atoms with Gasteiger partial charge in [-0.2, -0.15) is 0 Å². The molecule has 9 heteroatoms. The van der Waals surface area contributed by atoms with E-state index in [1.54, 1.807) is 5.38 Å².